The fourth-order valence-electron chi connectivity index (χ4n) is 2.62. The number of hydrogen-bond acceptors (Lipinski definition) is 8. The molecule has 0 spiro atoms. The zero-order chi connectivity index (χ0) is 22.1. The van der Waals surface area contributed by atoms with E-state index >= 15 is 0 Å². The van der Waals surface area contributed by atoms with Gasteiger partial charge in [-0.25, -0.2) is 4.79 Å². The van der Waals surface area contributed by atoms with E-state index in [2.05, 4.69) is 0 Å². The number of amides is 1. The van der Waals surface area contributed by atoms with E-state index in [0.717, 1.165) is 30.0 Å². The number of rotatable bonds is 6. The maximum atomic E-state index is 12.0. The summed E-state index contributed by atoms with van der Waals surface area (Å²) in [6, 6.07) is 3.43. The van der Waals surface area contributed by atoms with Crippen LogP contribution in [-0.4, -0.2) is 55.3 Å². The van der Waals surface area contributed by atoms with Gasteiger partial charge in [0.15, 0.2) is 0 Å². The van der Waals surface area contributed by atoms with Gasteiger partial charge < -0.3 is 30.4 Å². The first kappa shape index (κ1) is 21.8. The lowest BCUT2D eigenvalue weighted by Gasteiger charge is -2.23. The number of phenols is 4. The average Bonchev–Trinajstić information content (AvgIpc) is 2.58. The van der Waals surface area contributed by atoms with Gasteiger partial charge in [-0.15, -0.1) is 0 Å². The van der Waals surface area contributed by atoms with Crippen molar-refractivity contribution in [2.45, 2.75) is 24.9 Å². The van der Waals surface area contributed by atoms with E-state index in [-0.39, 0.29) is 11.1 Å². The van der Waals surface area contributed by atoms with Gasteiger partial charge in [0.2, 0.25) is 5.91 Å². The number of carboxylic acid groups (broad SMARTS) is 1. The first-order valence-corrected chi connectivity index (χ1v) is 9.31. The lowest BCUT2D eigenvalue weighted by molar-refractivity contribution is -0.130. The molecule has 0 aliphatic heterocycles. The first-order chi connectivity index (χ1) is 13.3. The minimum atomic E-state index is -4.87. The number of carbonyl (C=O) groups excluding carboxylic acids is 1. The number of carbonyl (C=O) groups is 2. The molecular formula is C17H17NO10S. The summed E-state index contributed by atoms with van der Waals surface area (Å²) in [5.74, 6) is -4.82. The molecule has 0 aromatic heterocycles. The molecule has 0 radical (unpaired) electrons. The topological polar surface area (TPSA) is 193 Å². The van der Waals surface area contributed by atoms with Crippen LogP contribution in [0.1, 0.15) is 28.4 Å². The zero-order valence-electron chi connectivity index (χ0n) is 14.9. The van der Waals surface area contributed by atoms with Gasteiger partial charge in [0, 0.05) is 37.2 Å². The molecule has 0 saturated carbocycles. The maximum Gasteiger partial charge on any atom is 0.339 e. The standard InChI is InChI=1S/C17H17NO10S/c1-8(19)18(6-9-2-11(20)4-13(15(9)22)17(24)25)7-10-3-12(21)5-14(16(10)23)29(26,27)28/h2-5,20-23H,6-7H2,1H3,(H,24,25)(H,26,27,28). The van der Waals surface area contributed by atoms with Crippen LogP contribution >= 0.6 is 0 Å². The number of benzene rings is 2. The Morgan fingerprint density at radius 1 is 0.897 bits per heavy atom. The predicted molar refractivity (Wildman–Crippen MR) is 96.2 cm³/mol. The third-order valence-electron chi connectivity index (χ3n) is 3.99. The Labute approximate surface area is 164 Å². The van der Waals surface area contributed by atoms with E-state index in [0.29, 0.717) is 6.07 Å². The highest BCUT2D eigenvalue weighted by Crippen LogP contribution is 2.34. The summed E-state index contributed by atoms with van der Waals surface area (Å²) < 4.78 is 31.8. The van der Waals surface area contributed by atoms with Crippen molar-refractivity contribution in [3.63, 3.8) is 0 Å². The Morgan fingerprint density at radius 2 is 1.38 bits per heavy atom. The summed E-state index contributed by atoms with van der Waals surface area (Å²) in [5.41, 5.74) is -0.976. The van der Waals surface area contributed by atoms with Gasteiger partial charge in [0.1, 0.15) is 33.5 Å². The number of hydrogen-bond donors (Lipinski definition) is 6. The quantitative estimate of drug-likeness (QED) is 0.286. The number of aromatic carboxylic acids is 1. The van der Waals surface area contributed by atoms with Crippen molar-refractivity contribution in [2.75, 3.05) is 0 Å². The highest BCUT2D eigenvalue weighted by molar-refractivity contribution is 7.86. The third-order valence-corrected chi connectivity index (χ3v) is 4.86. The summed E-state index contributed by atoms with van der Waals surface area (Å²) in [4.78, 5) is 23.2. The normalized spacial score (nSPS) is 11.2. The molecule has 0 heterocycles. The Balaban J connectivity index is 2.48. The van der Waals surface area contributed by atoms with Crippen LogP contribution in [0.3, 0.4) is 0 Å². The molecule has 29 heavy (non-hydrogen) atoms. The second-order valence-electron chi connectivity index (χ2n) is 6.11. The predicted octanol–water partition coefficient (Wildman–Crippen LogP) is 1.00. The van der Waals surface area contributed by atoms with Crippen LogP contribution in [0.2, 0.25) is 0 Å². The van der Waals surface area contributed by atoms with Gasteiger partial charge in [-0.05, 0) is 18.2 Å². The van der Waals surface area contributed by atoms with Crippen molar-refractivity contribution < 1.29 is 48.1 Å². The molecule has 0 atom stereocenters. The summed E-state index contributed by atoms with van der Waals surface area (Å²) in [7, 11) is -4.87. The van der Waals surface area contributed by atoms with Crippen LogP contribution in [0, 0.1) is 0 Å². The molecule has 11 nitrogen and oxygen atoms in total. The second-order valence-corrected chi connectivity index (χ2v) is 7.50. The summed E-state index contributed by atoms with van der Waals surface area (Å²) in [6.45, 7) is 0.212. The minimum Gasteiger partial charge on any atom is -0.508 e. The van der Waals surface area contributed by atoms with E-state index in [9.17, 15) is 38.4 Å². The molecule has 0 saturated heterocycles. The Hall–Kier alpha value is -3.51. The Bertz CT molecular complexity index is 1090. The van der Waals surface area contributed by atoms with Crippen LogP contribution in [0.15, 0.2) is 29.2 Å². The third kappa shape index (κ3) is 4.86. The molecule has 2 rings (SSSR count). The van der Waals surface area contributed by atoms with Gasteiger partial charge in [0.05, 0.1) is 0 Å². The highest BCUT2D eigenvalue weighted by Gasteiger charge is 2.24. The van der Waals surface area contributed by atoms with Crippen molar-refractivity contribution in [3.8, 4) is 23.0 Å². The molecule has 0 fully saturated rings. The van der Waals surface area contributed by atoms with Gasteiger partial charge >= 0.3 is 5.97 Å². The molecule has 2 aromatic rings. The SMILES string of the molecule is CC(=O)N(Cc1cc(O)cc(C(=O)O)c1O)Cc1cc(O)cc(S(=O)(=O)O)c1O. The monoisotopic (exact) mass is 427 g/mol. The van der Waals surface area contributed by atoms with E-state index in [1.54, 1.807) is 0 Å². The number of aromatic hydroxyl groups is 4. The van der Waals surface area contributed by atoms with Crippen LogP contribution in [0.4, 0.5) is 0 Å². The average molecular weight is 427 g/mol. The Kier molecular flexibility index (Phi) is 5.90. The van der Waals surface area contributed by atoms with E-state index in [1.807, 2.05) is 0 Å². The second kappa shape index (κ2) is 7.85. The highest BCUT2D eigenvalue weighted by atomic mass is 32.2. The summed E-state index contributed by atoms with van der Waals surface area (Å²) in [6.07, 6.45) is 0. The van der Waals surface area contributed by atoms with Crippen molar-refractivity contribution >= 4 is 22.0 Å². The van der Waals surface area contributed by atoms with Crippen molar-refractivity contribution in [3.05, 3.63) is 41.0 Å². The minimum absolute atomic E-state index is 0.132. The largest absolute Gasteiger partial charge is 0.508 e. The number of nitrogens with zero attached hydrogens (tertiary/aromatic N) is 1. The maximum absolute atomic E-state index is 12.0. The number of carboxylic acids is 1. The van der Waals surface area contributed by atoms with Crippen molar-refractivity contribution in [2.24, 2.45) is 0 Å². The molecule has 0 aliphatic carbocycles. The molecule has 156 valence electrons. The van der Waals surface area contributed by atoms with Crippen LogP contribution < -0.4 is 0 Å². The van der Waals surface area contributed by atoms with E-state index in [1.165, 1.54) is 0 Å². The van der Waals surface area contributed by atoms with Crippen molar-refractivity contribution in [1.82, 2.24) is 4.90 Å². The van der Waals surface area contributed by atoms with Gasteiger partial charge in [-0.1, -0.05) is 0 Å². The zero-order valence-corrected chi connectivity index (χ0v) is 15.7. The fourth-order valence-corrected chi connectivity index (χ4v) is 3.26. The lowest BCUT2D eigenvalue weighted by atomic mass is 10.1. The van der Waals surface area contributed by atoms with E-state index < -0.39 is 68.5 Å². The molecule has 12 heteroatoms. The summed E-state index contributed by atoms with van der Waals surface area (Å²) in [5, 5.41) is 48.6. The molecular weight excluding hydrogens is 410 g/mol. The smallest absolute Gasteiger partial charge is 0.339 e. The van der Waals surface area contributed by atoms with Crippen LogP contribution in [-0.2, 0) is 28.0 Å². The van der Waals surface area contributed by atoms with Crippen LogP contribution in [0.5, 0.6) is 23.0 Å². The molecule has 6 N–H and O–H groups in total. The van der Waals surface area contributed by atoms with Crippen molar-refractivity contribution in [1.29, 1.82) is 0 Å². The number of phenolic OH excluding ortho intramolecular Hbond substituents is 3. The van der Waals surface area contributed by atoms with Gasteiger partial charge in [0.25, 0.3) is 10.1 Å². The molecule has 0 bridgehead atoms. The molecule has 2 aromatic carbocycles. The first-order valence-electron chi connectivity index (χ1n) is 7.87. The molecule has 0 aliphatic rings. The van der Waals surface area contributed by atoms with Crippen LogP contribution in [0.25, 0.3) is 0 Å². The van der Waals surface area contributed by atoms with E-state index in [4.69, 9.17) is 9.66 Å². The molecule has 1 amide bonds. The fraction of sp³-hybridized carbons (Fsp3) is 0.176. The Morgan fingerprint density at radius 3 is 1.83 bits per heavy atom. The van der Waals surface area contributed by atoms with Gasteiger partial charge in [-0.2, -0.15) is 8.42 Å². The summed E-state index contributed by atoms with van der Waals surface area (Å²) >= 11 is 0. The lowest BCUT2D eigenvalue weighted by Crippen LogP contribution is -2.28. The van der Waals surface area contributed by atoms with Gasteiger partial charge in [-0.3, -0.25) is 9.35 Å². The molecule has 0 unspecified atom stereocenters.